The van der Waals surface area contributed by atoms with Gasteiger partial charge in [0.2, 0.25) is 0 Å². The molecule has 0 saturated carbocycles. The summed E-state index contributed by atoms with van der Waals surface area (Å²) in [5.74, 6) is 1.56. The third kappa shape index (κ3) is 2.24. The van der Waals surface area contributed by atoms with Crippen molar-refractivity contribution in [3.05, 3.63) is 42.2 Å². The van der Waals surface area contributed by atoms with Crippen LogP contribution in [0.1, 0.15) is 24.5 Å². The Labute approximate surface area is 101 Å². The SMILES string of the molecule is c1ccc(-c2cc(C3CCNCC3)on2)cc1. The average molecular weight is 228 g/mol. The molecule has 0 unspecified atom stereocenters. The highest BCUT2D eigenvalue weighted by Gasteiger charge is 2.19. The van der Waals surface area contributed by atoms with Gasteiger partial charge in [-0.25, -0.2) is 0 Å². The van der Waals surface area contributed by atoms with Crippen molar-refractivity contribution in [1.82, 2.24) is 10.5 Å². The molecule has 1 fully saturated rings. The molecule has 2 aromatic rings. The first-order valence-electron chi connectivity index (χ1n) is 6.16. The molecule has 1 aliphatic rings. The highest BCUT2D eigenvalue weighted by atomic mass is 16.5. The van der Waals surface area contributed by atoms with Crippen molar-refractivity contribution in [2.45, 2.75) is 18.8 Å². The summed E-state index contributed by atoms with van der Waals surface area (Å²) in [4.78, 5) is 0. The van der Waals surface area contributed by atoms with Crippen molar-refractivity contribution in [3.63, 3.8) is 0 Å². The molecule has 1 N–H and O–H groups in total. The van der Waals surface area contributed by atoms with Crippen molar-refractivity contribution in [3.8, 4) is 11.3 Å². The second-order valence-corrected chi connectivity index (χ2v) is 4.50. The maximum Gasteiger partial charge on any atom is 0.140 e. The standard InChI is InChI=1S/C14H16N2O/c1-2-4-11(5-3-1)13-10-14(17-16-13)12-6-8-15-9-7-12/h1-5,10,12,15H,6-9H2. The van der Waals surface area contributed by atoms with Gasteiger partial charge in [0.25, 0.3) is 0 Å². The Morgan fingerprint density at radius 2 is 1.88 bits per heavy atom. The van der Waals surface area contributed by atoms with Gasteiger partial charge in [0.05, 0.1) is 0 Å². The molecule has 1 saturated heterocycles. The number of rotatable bonds is 2. The Bertz CT molecular complexity index is 472. The summed E-state index contributed by atoms with van der Waals surface area (Å²) in [7, 11) is 0. The lowest BCUT2D eigenvalue weighted by Gasteiger charge is -2.19. The van der Waals surface area contributed by atoms with E-state index in [-0.39, 0.29) is 0 Å². The number of hydrogen-bond acceptors (Lipinski definition) is 3. The van der Waals surface area contributed by atoms with Crippen molar-refractivity contribution in [1.29, 1.82) is 0 Å². The van der Waals surface area contributed by atoms with Gasteiger partial charge in [-0.1, -0.05) is 35.5 Å². The first-order chi connectivity index (χ1) is 8.43. The van der Waals surface area contributed by atoms with Crippen LogP contribution in [0.5, 0.6) is 0 Å². The lowest BCUT2D eigenvalue weighted by molar-refractivity contribution is 0.329. The molecule has 0 aliphatic carbocycles. The first kappa shape index (κ1) is 10.5. The second-order valence-electron chi connectivity index (χ2n) is 4.50. The molecule has 0 spiro atoms. The van der Waals surface area contributed by atoms with E-state index in [2.05, 4.69) is 28.7 Å². The summed E-state index contributed by atoms with van der Waals surface area (Å²) in [6.45, 7) is 2.15. The quantitative estimate of drug-likeness (QED) is 0.859. The van der Waals surface area contributed by atoms with Crippen LogP contribution in [0.15, 0.2) is 40.9 Å². The number of piperidine rings is 1. The third-order valence-corrected chi connectivity index (χ3v) is 3.34. The van der Waals surface area contributed by atoms with Crippen LogP contribution in [-0.4, -0.2) is 18.2 Å². The van der Waals surface area contributed by atoms with Crippen LogP contribution in [0.2, 0.25) is 0 Å². The molecule has 0 radical (unpaired) electrons. The van der Waals surface area contributed by atoms with Crippen LogP contribution in [0.3, 0.4) is 0 Å². The summed E-state index contributed by atoms with van der Waals surface area (Å²) in [5.41, 5.74) is 2.07. The summed E-state index contributed by atoms with van der Waals surface area (Å²) < 4.78 is 5.48. The molecule has 3 nitrogen and oxygen atoms in total. The Kier molecular flexibility index (Phi) is 2.92. The molecule has 2 heterocycles. The number of benzene rings is 1. The van der Waals surface area contributed by atoms with E-state index in [1.165, 1.54) is 0 Å². The van der Waals surface area contributed by atoms with Gasteiger partial charge in [-0.2, -0.15) is 0 Å². The number of nitrogens with zero attached hydrogens (tertiary/aromatic N) is 1. The van der Waals surface area contributed by atoms with E-state index in [9.17, 15) is 0 Å². The molecular weight excluding hydrogens is 212 g/mol. The predicted molar refractivity (Wildman–Crippen MR) is 66.8 cm³/mol. The van der Waals surface area contributed by atoms with Crippen LogP contribution in [0.25, 0.3) is 11.3 Å². The summed E-state index contributed by atoms with van der Waals surface area (Å²) >= 11 is 0. The van der Waals surface area contributed by atoms with E-state index < -0.39 is 0 Å². The molecule has 88 valence electrons. The predicted octanol–water partition coefficient (Wildman–Crippen LogP) is 2.81. The molecule has 3 heteroatoms. The Morgan fingerprint density at radius 1 is 1.12 bits per heavy atom. The van der Waals surface area contributed by atoms with E-state index >= 15 is 0 Å². The minimum Gasteiger partial charge on any atom is -0.360 e. The van der Waals surface area contributed by atoms with Gasteiger partial charge in [0.15, 0.2) is 0 Å². The van der Waals surface area contributed by atoms with E-state index in [4.69, 9.17) is 4.52 Å². The Hall–Kier alpha value is -1.61. The van der Waals surface area contributed by atoms with Gasteiger partial charge >= 0.3 is 0 Å². The van der Waals surface area contributed by atoms with E-state index in [0.29, 0.717) is 5.92 Å². The maximum atomic E-state index is 5.48. The Balaban J connectivity index is 1.83. The molecule has 0 amide bonds. The molecule has 1 aromatic heterocycles. The second kappa shape index (κ2) is 4.72. The van der Waals surface area contributed by atoms with Gasteiger partial charge in [0.1, 0.15) is 11.5 Å². The van der Waals surface area contributed by atoms with Crippen LogP contribution in [0, 0.1) is 0 Å². The number of nitrogens with one attached hydrogen (secondary N) is 1. The molecule has 1 aromatic carbocycles. The Morgan fingerprint density at radius 3 is 2.65 bits per heavy atom. The van der Waals surface area contributed by atoms with E-state index in [1.807, 2.05) is 18.2 Å². The zero-order valence-corrected chi connectivity index (χ0v) is 9.73. The lowest BCUT2D eigenvalue weighted by Crippen LogP contribution is -2.26. The smallest absolute Gasteiger partial charge is 0.140 e. The van der Waals surface area contributed by atoms with Crippen molar-refractivity contribution >= 4 is 0 Å². The normalized spacial score (nSPS) is 17.2. The fourth-order valence-electron chi connectivity index (χ4n) is 2.33. The largest absolute Gasteiger partial charge is 0.360 e. The summed E-state index contributed by atoms with van der Waals surface area (Å²) in [6, 6.07) is 12.3. The lowest BCUT2D eigenvalue weighted by atomic mass is 9.95. The summed E-state index contributed by atoms with van der Waals surface area (Å²) in [6.07, 6.45) is 2.28. The zero-order chi connectivity index (χ0) is 11.5. The first-order valence-corrected chi connectivity index (χ1v) is 6.16. The van der Waals surface area contributed by atoms with E-state index in [0.717, 1.165) is 42.9 Å². The van der Waals surface area contributed by atoms with E-state index in [1.54, 1.807) is 0 Å². The molecule has 17 heavy (non-hydrogen) atoms. The molecule has 1 aliphatic heterocycles. The molecular formula is C14H16N2O. The molecule has 3 rings (SSSR count). The number of hydrogen-bond donors (Lipinski definition) is 1. The van der Waals surface area contributed by atoms with Gasteiger partial charge in [0, 0.05) is 17.5 Å². The maximum absolute atomic E-state index is 5.48. The third-order valence-electron chi connectivity index (χ3n) is 3.34. The van der Waals surface area contributed by atoms with Gasteiger partial charge in [-0.3, -0.25) is 0 Å². The van der Waals surface area contributed by atoms with Gasteiger partial charge < -0.3 is 9.84 Å². The van der Waals surface area contributed by atoms with Crippen molar-refractivity contribution in [2.24, 2.45) is 0 Å². The molecule has 0 bridgehead atoms. The van der Waals surface area contributed by atoms with Gasteiger partial charge in [-0.15, -0.1) is 0 Å². The fraction of sp³-hybridized carbons (Fsp3) is 0.357. The fourth-order valence-corrected chi connectivity index (χ4v) is 2.33. The van der Waals surface area contributed by atoms with Crippen LogP contribution in [0.4, 0.5) is 0 Å². The average Bonchev–Trinajstić information content (AvgIpc) is 2.90. The van der Waals surface area contributed by atoms with Crippen LogP contribution in [-0.2, 0) is 0 Å². The molecule has 0 atom stereocenters. The minimum atomic E-state index is 0.529. The monoisotopic (exact) mass is 228 g/mol. The number of aromatic nitrogens is 1. The zero-order valence-electron chi connectivity index (χ0n) is 9.73. The highest BCUT2D eigenvalue weighted by molar-refractivity contribution is 5.58. The minimum absolute atomic E-state index is 0.529. The summed E-state index contributed by atoms with van der Waals surface area (Å²) in [5, 5.41) is 7.53. The topological polar surface area (TPSA) is 38.1 Å². The van der Waals surface area contributed by atoms with Gasteiger partial charge in [-0.05, 0) is 25.9 Å². The highest BCUT2D eigenvalue weighted by Crippen LogP contribution is 2.28. The van der Waals surface area contributed by atoms with Crippen molar-refractivity contribution in [2.75, 3.05) is 13.1 Å². The van der Waals surface area contributed by atoms with Crippen molar-refractivity contribution < 1.29 is 4.52 Å². The van der Waals surface area contributed by atoms with Crippen LogP contribution < -0.4 is 5.32 Å². The van der Waals surface area contributed by atoms with Crippen LogP contribution >= 0.6 is 0 Å².